The predicted octanol–water partition coefficient (Wildman–Crippen LogP) is 5.25. The maximum Gasteiger partial charge on any atom is 0.234 e. The average Bonchev–Trinajstić information content (AvgIpc) is 3.19. The summed E-state index contributed by atoms with van der Waals surface area (Å²) >= 11 is 3.33. The van der Waals surface area contributed by atoms with Crippen LogP contribution in [0.4, 0.5) is 5.88 Å². The number of aromatic nitrogens is 2. The Kier molecular flexibility index (Phi) is 5.69. The molecule has 2 aromatic carbocycles. The van der Waals surface area contributed by atoms with E-state index in [4.69, 9.17) is 4.42 Å². The fraction of sp³-hybridized carbons (Fsp3) is 0.0909. The summed E-state index contributed by atoms with van der Waals surface area (Å²) in [4.78, 5) is 8.56. The van der Waals surface area contributed by atoms with Crippen molar-refractivity contribution < 1.29 is 12.8 Å². The van der Waals surface area contributed by atoms with Crippen molar-refractivity contribution in [1.29, 1.82) is 0 Å². The van der Waals surface area contributed by atoms with Gasteiger partial charge in [-0.3, -0.25) is 4.98 Å². The second-order valence-corrected chi connectivity index (χ2v) is 9.47. The Morgan fingerprint density at radius 1 is 1.03 bits per heavy atom. The van der Waals surface area contributed by atoms with Crippen molar-refractivity contribution in [2.24, 2.45) is 0 Å². The number of rotatable bonds is 6. The van der Waals surface area contributed by atoms with Crippen molar-refractivity contribution in [1.82, 2.24) is 9.97 Å². The van der Waals surface area contributed by atoms with Crippen LogP contribution < -0.4 is 5.32 Å². The highest BCUT2D eigenvalue weighted by molar-refractivity contribution is 9.10. The van der Waals surface area contributed by atoms with E-state index in [0.29, 0.717) is 12.1 Å². The second-order valence-electron chi connectivity index (χ2n) is 6.69. The Morgan fingerprint density at radius 3 is 2.43 bits per heavy atom. The van der Waals surface area contributed by atoms with Crippen LogP contribution in [0.2, 0.25) is 0 Å². The molecule has 0 atom stereocenters. The Morgan fingerprint density at radius 2 is 1.77 bits per heavy atom. The zero-order valence-electron chi connectivity index (χ0n) is 16.0. The topological polar surface area (TPSA) is 85.1 Å². The second kappa shape index (κ2) is 8.41. The molecule has 0 aliphatic carbocycles. The van der Waals surface area contributed by atoms with Crippen molar-refractivity contribution >= 4 is 31.7 Å². The third kappa shape index (κ3) is 4.29. The summed E-state index contributed by atoms with van der Waals surface area (Å²) in [7, 11) is -3.89. The number of benzene rings is 2. The number of aryl methyl sites for hydroxylation is 1. The Labute approximate surface area is 183 Å². The normalized spacial score (nSPS) is 11.4. The molecular weight excluding hydrogens is 466 g/mol. The van der Waals surface area contributed by atoms with Gasteiger partial charge in [-0.15, -0.1) is 0 Å². The molecule has 8 heteroatoms. The minimum absolute atomic E-state index is 0.0948. The number of nitrogens with one attached hydrogen (secondary N) is 1. The van der Waals surface area contributed by atoms with Gasteiger partial charge in [0, 0.05) is 29.0 Å². The van der Waals surface area contributed by atoms with Crippen molar-refractivity contribution in [3.8, 4) is 11.5 Å². The molecule has 30 heavy (non-hydrogen) atoms. The third-order valence-electron chi connectivity index (χ3n) is 4.45. The number of oxazole rings is 1. The lowest BCUT2D eigenvalue weighted by atomic mass is 10.1. The molecule has 0 fully saturated rings. The van der Waals surface area contributed by atoms with E-state index in [9.17, 15) is 8.42 Å². The van der Waals surface area contributed by atoms with E-state index in [2.05, 4.69) is 31.2 Å². The minimum Gasteiger partial charge on any atom is -0.419 e. The van der Waals surface area contributed by atoms with Gasteiger partial charge in [-0.05, 0) is 55.0 Å². The zero-order valence-corrected chi connectivity index (χ0v) is 18.4. The third-order valence-corrected chi connectivity index (χ3v) is 6.66. The lowest BCUT2D eigenvalue weighted by Gasteiger charge is -2.06. The quantitative estimate of drug-likeness (QED) is 0.402. The number of pyridine rings is 1. The lowest BCUT2D eigenvalue weighted by molar-refractivity contribution is 0.576. The summed E-state index contributed by atoms with van der Waals surface area (Å²) < 4.78 is 33.2. The summed E-state index contributed by atoms with van der Waals surface area (Å²) in [5, 5.41) is 2.91. The van der Waals surface area contributed by atoms with Crippen LogP contribution in [-0.2, 0) is 16.4 Å². The van der Waals surface area contributed by atoms with E-state index in [1.165, 1.54) is 12.1 Å². The monoisotopic (exact) mass is 483 g/mol. The van der Waals surface area contributed by atoms with Gasteiger partial charge in [0.1, 0.15) is 0 Å². The molecular formula is C22H18BrN3O3S. The van der Waals surface area contributed by atoms with Gasteiger partial charge in [-0.25, -0.2) is 8.42 Å². The van der Waals surface area contributed by atoms with Crippen LogP contribution in [0.15, 0.2) is 91.9 Å². The minimum atomic E-state index is -3.89. The highest BCUT2D eigenvalue weighted by Crippen LogP contribution is 2.33. The van der Waals surface area contributed by atoms with Gasteiger partial charge in [0.15, 0.2) is 0 Å². The molecule has 0 bridgehead atoms. The first-order chi connectivity index (χ1) is 14.4. The van der Waals surface area contributed by atoms with Crippen LogP contribution >= 0.6 is 15.9 Å². The zero-order chi connectivity index (χ0) is 21.1. The van der Waals surface area contributed by atoms with Gasteiger partial charge in [-0.2, -0.15) is 4.98 Å². The number of hydrogen-bond donors (Lipinski definition) is 1. The highest BCUT2D eigenvalue weighted by Gasteiger charge is 2.28. The molecule has 6 nitrogen and oxygen atoms in total. The molecule has 0 radical (unpaired) electrons. The molecule has 152 valence electrons. The smallest absolute Gasteiger partial charge is 0.234 e. The van der Waals surface area contributed by atoms with Gasteiger partial charge < -0.3 is 9.73 Å². The van der Waals surface area contributed by atoms with Crippen LogP contribution in [0, 0.1) is 6.92 Å². The summed E-state index contributed by atoms with van der Waals surface area (Å²) in [6.07, 6.45) is 3.38. The Bertz CT molecular complexity index is 1250. The Hall–Kier alpha value is -2.97. The molecule has 0 unspecified atom stereocenters. The summed E-state index contributed by atoms with van der Waals surface area (Å²) in [6.45, 7) is 2.32. The molecule has 1 N–H and O–H groups in total. The first-order valence-electron chi connectivity index (χ1n) is 9.15. The molecule has 2 aromatic heterocycles. The van der Waals surface area contributed by atoms with Crippen LogP contribution in [0.5, 0.6) is 0 Å². The van der Waals surface area contributed by atoms with Gasteiger partial charge in [0.05, 0.1) is 4.90 Å². The molecule has 0 spiro atoms. The first kappa shape index (κ1) is 20.3. The van der Waals surface area contributed by atoms with E-state index in [-0.39, 0.29) is 21.7 Å². The standard InChI is InChI=1S/C22H18BrN3O3S/c1-15-4-6-17(7-5-15)20-26-22(30(27,28)19-10-8-18(23)9-11-19)21(29-20)25-14-16-3-2-12-24-13-16/h2-13,25H,14H2,1H3. The van der Waals surface area contributed by atoms with Gasteiger partial charge in [0.25, 0.3) is 0 Å². The molecule has 0 saturated heterocycles. The maximum absolute atomic E-state index is 13.3. The SMILES string of the molecule is Cc1ccc(-c2nc(S(=O)(=O)c3ccc(Br)cc3)c(NCc3cccnc3)o2)cc1. The van der Waals surface area contributed by atoms with Crippen molar-refractivity contribution in [3.63, 3.8) is 0 Å². The van der Waals surface area contributed by atoms with Crippen molar-refractivity contribution in [3.05, 3.63) is 88.7 Å². The number of hydrogen-bond acceptors (Lipinski definition) is 6. The maximum atomic E-state index is 13.3. The summed E-state index contributed by atoms with van der Waals surface area (Å²) in [5.74, 6) is 0.330. The lowest BCUT2D eigenvalue weighted by Crippen LogP contribution is -2.07. The van der Waals surface area contributed by atoms with Crippen molar-refractivity contribution in [2.75, 3.05) is 5.32 Å². The number of sulfone groups is 1. The Balaban J connectivity index is 1.76. The fourth-order valence-electron chi connectivity index (χ4n) is 2.83. The summed E-state index contributed by atoms with van der Waals surface area (Å²) in [5.41, 5.74) is 2.67. The predicted molar refractivity (Wildman–Crippen MR) is 118 cm³/mol. The van der Waals surface area contributed by atoms with E-state index in [0.717, 1.165) is 15.6 Å². The van der Waals surface area contributed by atoms with E-state index in [1.807, 2.05) is 43.3 Å². The van der Waals surface area contributed by atoms with Gasteiger partial charge in [0.2, 0.25) is 26.6 Å². The van der Waals surface area contributed by atoms with Gasteiger partial charge in [-0.1, -0.05) is 39.7 Å². The largest absolute Gasteiger partial charge is 0.419 e. The molecule has 0 amide bonds. The molecule has 0 aliphatic heterocycles. The van der Waals surface area contributed by atoms with Crippen LogP contribution in [0.25, 0.3) is 11.5 Å². The van der Waals surface area contributed by atoms with E-state index >= 15 is 0 Å². The van der Waals surface area contributed by atoms with Gasteiger partial charge >= 0.3 is 0 Å². The van der Waals surface area contributed by atoms with Crippen LogP contribution in [-0.4, -0.2) is 18.4 Å². The highest BCUT2D eigenvalue weighted by atomic mass is 79.9. The van der Waals surface area contributed by atoms with Crippen LogP contribution in [0.1, 0.15) is 11.1 Å². The summed E-state index contributed by atoms with van der Waals surface area (Å²) in [6, 6.07) is 17.7. The molecule has 0 aliphatic rings. The first-order valence-corrected chi connectivity index (χ1v) is 11.4. The number of anilines is 1. The average molecular weight is 484 g/mol. The number of halogens is 1. The van der Waals surface area contributed by atoms with E-state index in [1.54, 1.807) is 24.5 Å². The fourth-order valence-corrected chi connectivity index (χ4v) is 4.37. The number of nitrogens with zero attached hydrogens (tertiary/aromatic N) is 2. The van der Waals surface area contributed by atoms with Crippen molar-refractivity contribution in [2.45, 2.75) is 23.4 Å². The van der Waals surface area contributed by atoms with Crippen LogP contribution in [0.3, 0.4) is 0 Å². The molecule has 0 saturated carbocycles. The molecule has 2 heterocycles. The van der Waals surface area contributed by atoms with E-state index < -0.39 is 9.84 Å². The molecule has 4 aromatic rings. The molecule has 4 rings (SSSR count).